The van der Waals surface area contributed by atoms with Crippen molar-refractivity contribution in [3.63, 3.8) is 0 Å². The third-order valence-electron chi connectivity index (χ3n) is 4.00. The van der Waals surface area contributed by atoms with Gasteiger partial charge >= 0.3 is 0 Å². The minimum atomic E-state index is 0.554. The molecule has 0 saturated carbocycles. The fraction of sp³-hybridized carbons (Fsp3) is 0.571. The van der Waals surface area contributed by atoms with Gasteiger partial charge in [0, 0.05) is 37.2 Å². The Morgan fingerprint density at radius 2 is 2.18 bits per heavy atom. The number of nitrogens with one attached hydrogen (secondary N) is 1. The second-order valence-electron chi connectivity index (χ2n) is 4.96. The predicted octanol–water partition coefficient (Wildman–Crippen LogP) is 1.80. The lowest BCUT2D eigenvalue weighted by Crippen LogP contribution is -2.34. The largest absolute Gasteiger partial charge is 0.493 e. The molecule has 92 valence electrons. The number of benzene rings is 1. The summed E-state index contributed by atoms with van der Waals surface area (Å²) in [5.74, 6) is 1.08. The third kappa shape index (κ3) is 2.05. The monoisotopic (exact) mass is 232 g/mol. The van der Waals surface area contributed by atoms with Crippen molar-refractivity contribution >= 4 is 0 Å². The van der Waals surface area contributed by atoms with Crippen LogP contribution in [-0.4, -0.2) is 37.7 Å². The van der Waals surface area contributed by atoms with Gasteiger partial charge in [-0.3, -0.25) is 4.90 Å². The van der Waals surface area contributed by atoms with Crippen molar-refractivity contribution in [1.82, 2.24) is 10.2 Å². The summed E-state index contributed by atoms with van der Waals surface area (Å²) in [6.07, 6.45) is 2.38. The van der Waals surface area contributed by atoms with E-state index < -0.39 is 0 Å². The van der Waals surface area contributed by atoms with E-state index in [9.17, 15) is 0 Å². The van der Waals surface area contributed by atoms with Crippen molar-refractivity contribution in [1.29, 1.82) is 0 Å². The van der Waals surface area contributed by atoms with Crippen LogP contribution in [0, 0.1) is 0 Å². The predicted molar refractivity (Wildman–Crippen MR) is 68.3 cm³/mol. The maximum atomic E-state index is 5.72. The van der Waals surface area contributed by atoms with E-state index in [4.69, 9.17) is 4.74 Å². The van der Waals surface area contributed by atoms with Crippen LogP contribution in [0.25, 0.3) is 0 Å². The Hall–Kier alpha value is -1.06. The molecular formula is C14H20N2O. The van der Waals surface area contributed by atoms with Crippen molar-refractivity contribution in [2.45, 2.75) is 24.9 Å². The van der Waals surface area contributed by atoms with E-state index in [0.717, 1.165) is 25.3 Å². The Bertz CT molecular complexity index is 394. The number of ether oxygens (including phenoxy) is 1. The minimum absolute atomic E-state index is 0.554. The molecule has 2 aliphatic heterocycles. The maximum Gasteiger partial charge on any atom is 0.124 e. The molecule has 1 fully saturated rings. The standard InChI is InChI=1S/C14H20N2O/c1-15-11-6-8-16(10-11)13-7-9-17-14-5-3-2-4-12(13)14/h2-5,11,13,15H,6-10H2,1H3. The Morgan fingerprint density at radius 1 is 1.29 bits per heavy atom. The fourth-order valence-corrected chi connectivity index (χ4v) is 3.01. The van der Waals surface area contributed by atoms with Crippen LogP contribution in [0.15, 0.2) is 24.3 Å². The van der Waals surface area contributed by atoms with Crippen LogP contribution in [0.1, 0.15) is 24.4 Å². The first kappa shape index (κ1) is 11.1. The van der Waals surface area contributed by atoms with E-state index in [0.29, 0.717) is 12.1 Å². The smallest absolute Gasteiger partial charge is 0.124 e. The highest BCUT2D eigenvalue weighted by molar-refractivity contribution is 5.37. The van der Waals surface area contributed by atoms with Crippen LogP contribution in [0.3, 0.4) is 0 Å². The number of nitrogens with zero attached hydrogens (tertiary/aromatic N) is 1. The lowest BCUT2D eigenvalue weighted by Gasteiger charge is -2.33. The minimum Gasteiger partial charge on any atom is -0.493 e. The molecule has 3 heteroatoms. The van der Waals surface area contributed by atoms with Crippen molar-refractivity contribution < 1.29 is 4.74 Å². The summed E-state index contributed by atoms with van der Waals surface area (Å²) in [4.78, 5) is 2.60. The van der Waals surface area contributed by atoms with Crippen LogP contribution < -0.4 is 10.1 Å². The molecule has 1 aromatic rings. The molecule has 1 aromatic carbocycles. The number of likely N-dealkylation sites (tertiary alicyclic amines) is 1. The number of rotatable bonds is 2. The van der Waals surface area contributed by atoms with Gasteiger partial charge in [0.2, 0.25) is 0 Å². The van der Waals surface area contributed by atoms with E-state index in [-0.39, 0.29) is 0 Å². The van der Waals surface area contributed by atoms with Crippen molar-refractivity contribution in [3.8, 4) is 5.75 Å². The van der Waals surface area contributed by atoms with E-state index in [1.54, 1.807) is 0 Å². The number of hydrogen-bond acceptors (Lipinski definition) is 3. The van der Waals surface area contributed by atoms with E-state index in [2.05, 4.69) is 41.5 Å². The summed E-state index contributed by atoms with van der Waals surface area (Å²) in [5.41, 5.74) is 1.37. The lowest BCUT2D eigenvalue weighted by atomic mass is 9.99. The topological polar surface area (TPSA) is 24.5 Å². The second kappa shape index (κ2) is 4.67. The highest BCUT2D eigenvalue weighted by atomic mass is 16.5. The molecule has 0 amide bonds. The zero-order chi connectivity index (χ0) is 11.7. The van der Waals surface area contributed by atoms with Gasteiger partial charge in [0.15, 0.2) is 0 Å². The van der Waals surface area contributed by atoms with Crippen LogP contribution in [0.4, 0.5) is 0 Å². The SMILES string of the molecule is CNC1CCN(C2CCOc3ccccc32)C1. The fourth-order valence-electron chi connectivity index (χ4n) is 3.01. The molecule has 1 saturated heterocycles. The summed E-state index contributed by atoms with van der Waals surface area (Å²) in [6.45, 7) is 3.21. The first-order chi connectivity index (χ1) is 8.38. The summed E-state index contributed by atoms with van der Waals surface area (Å²) in [5, 5.41) is 3.38. The zero-order valence-corrected chi connectivity index (χ0v) is 10.4. The molecule has 2 heterocycles. The second-order valence-corrected chi connectivity index (χ2v) is 4.96. The van der Waals surface area contributed by atoms with Gasteiger partial charge < -0.3 is 10.1 Å². The molecule has 3 rings (SSSR count). The lowest BCUT2D eigenvalue weighted by molar-refractivity contribution is 0.163. The Balaban J connectivity index is 1.81. The normalized spacial score (nSPS) is 28.8. The molecule has 0 bridgehead atoms. The molecule has 0 spiro atoms. The van der Waals surface area contributed by atoms with Crippen molar-refractivity contribution in [3.05, 3.63) is 29.8 Å². The molecule has 2 unspecified atom stereocenters. The molecule has 1 N–H and O–H groups in total. The van der Waals surface area contributed by atoms with Gasteiger partial charge in [0.25, 0.3) is 0 Å². The Kier molecular flexibility index (Phi) is 3.04. The average molecular weight is 232 g/mol. The van der Waals surface area contributed by atoms with Crippen LogP contribution >= 0.6 is 0 Å². The van der Waals surface area contributed by atoms with Gasteiger partial charge in [-0.15, -0.1) is 0 Å². The third-order valence-corrected chi connectivity index (χ3v) is 4.00. The van der Waals surface area contributed by atoms with Gasteiger partial charge in [0.05, 0.1) is 6.61 Å². The van der Waals surface area contributed by atoms with Gasteiger partial charge in [-0.1, -0.05) is 18.2 Å². The van der Waals surface area contributed by atoms with Crippen LogP contribution in [-0.2, 0) is 0 Å². The Labute approximate surface area is 103 Å². The highest BCUT2D eigenvalue weighted by Gasteiger charge is 2.31. The molecular weight excluding hydrogens is 212 g/mol. The quantitative estimate of drug-likeness (QED) is 0.841. The van der Waals surface area contributed by atoms with Crippen LogP contribution in [0.5, 0.6) is 5.75 Å². The number of fused-ring (bicyclic) bond motifs is 1. The van der Waals surface area contributed by atoms with Gasteiger partial charge in [-0.25, -0.2) is 0 Å². The molecule has 2 aliphatic rings. The highest BCUT2D eigenvalue weighted by Crippen LogP contribution is 2.37. The molecule has 0 radical (unpaired) electrons. The van der Waals surface area contributed by atoms with Crippen molar-refractivity contribution in [2.24, 2.45) is 0 Å². The summed E-state index contributed by atoms with van der Waals surface area (Å²) in [6, 6.07) is 9.69. The number of hydrogen-bond donors (Lipinski definition) is 1. The molecule has 0 aromatic heterocycles. The van der Waals surface area contributed by atoms with E-state index in [1.165, 1.54) is 18.5 Å². The number of likely N-dealkylation sites (N-methyl/N-ethyl adjacent to an activating group) is 1. The van der Waals surface area contributed by atoms with Gasteiger partial charge in [0.1, 0.15) is 5.75 Å². The summed E-state index contributed by atoms with van der Waals surface area (Å²) < 4.78 is 5.72. The van der Waals surface area contributed by atoms with Crippen molar-refractivity contribution in [2.75, 3.05) is 26.7 Å². The number of para-hydroxylation sites is 1. The van der Waals surface area contributed by atoms with Gasteiger partial charge in [-0.2, -0.15) is 0 Å². The summed E-state index contributed by atoms with van der Waals surface area (Å²) >= 11 is 0. The maximum absolute atomic E-state index is 5.72. The zero-order valence-electron chi connectivity index (χ0n) is 10.4. The molecule has 17 heavy (non-hydrogen) atoms. The molecule has 3 nitrogen and oxygen atoms in total. The van der Waals surface area contributed by atoms with Crippen LogP contribution in [0.2, 0.25) is 0 Å². The molecule has 0 aliphatic carbocycles. The molecule has 2 atom stereocenters. The van der Waals surface area contributed by atoms with E-state index >= 15 is 0 Å². The summed E-state index contributed by atoms with van der Waals surface area (Å²) in [7, 11) is 2.06. The first-order valence-electron chi connectivity index (χ1n) is 6.51. The van der Waals surface area contributed by atoms with Gasteiger partial charge in [-0.05, 0) is 19.5 Å². The average Bonchev–Trinajstić information content (AvgIpc) is 2.87. The Morgan fingerprint density at radius 3 is 3.00 bits per heavy atom. The van der Waals surface area contributed by atoms with E-state index in [1.807, 2.05) is 0 Å². The first-order valence-corrected chi connectivity index (χ1v) is 6.51.